The predicted octanol–water partition coefficient (Wildman–Crippen LogP) is 2.83. The number of nitrogens with zero attached hydrogens (tertiary/aromatic N) is 2. The van der Waals surface area contributed by atoms with Gasteiger partial charge >= 0.3 is 6.18 Å². The third-order valence-electron chi connectivity index (χ3n) is 1.24. The molecule has 0 fully saturated rings. The van der Waals surface area contributed by atoms with Crippen LogP contribution < -0.4 is 0 Å². The van der Waals surface area contributed by atoms with Crippen molar-refractivity contribution >= 4 is 23.2 Å². The summed E-state index contributed by atoms with van der Waals surface area (Å²) in [7, 11) is 0. The van der Waals surface area contributed by atoms with E-state index in [1.54, 1.807) is 0 Å². The molecule has 1 heterocycles. The van der Waals surface area contributed by atoms with Gasteiger partial charge in [0.05, 0.1) is 5.16 Å². The Labute approximate surface area is 77.1 Å². The van der Waals surface area contributed by atoms with Crippen LogP contribution in [0.1, 0.15) is 5.56 Å². The molecule has 0 amide bonds. The van der Waals surface area contributed by atoms with E-state index in [0.29, 0.717) is 0 Å². The van der Waals surface area contributed by atoms with E-state index < -0.39 is 17.6 Å². The summed E-state index contributed by atoms with van der Waals surface area (Å²) in [6.45, 7) is 0. The van der Waals surface area contributed by atoms with E-state index in [1.807, 2.05) is 5.16 Å². The number of thiocarbonyl (C=S) groups is 1. The third-order valence-corrected chi connectivity index (χ3v) is 1.33. The topological polar surface area (TPSA) is 25.2 Å². The second kappa shape index (κ2) is 3.64. The average molecular weight is 204 g/mol. The fraction of sp³-hybridized carbons (Fsp3) is 0.143. The van der Waals surface area contributed by atoms with Gasteiger partial charge in [-0.25, -0.2) is 4.98 Å². The Bertz CT molecular complexity index is 355. The van der Waals surface area contributed by atoms with Gasteiger partial charge in [0.1, 0.15) is 5.56 Å². The SMILES string of the molecule is FC(F)(F)c1cccnc1N=C=S. The monoisotopic (exact) mass is 204 g/mol. The Morgan fingerprint density at radius 1 is 1.46 bits per heavy atom. The number of halogens is 3. The highest BCUT2D eigenvalue weighted by atomic mass is 32.1. The van der Waals surface area contributed by atoms with Crippen molar-refractivity contribution in [2.45, 2.75) is 6.18 Å². The summed E-state index contributed by atoms with van der Waals surface area (Å²) in [4.78, 5) is 6.63. The summed E-state index contributed by atoms with van der Waals surface area (Å²) in [5, 5.41) is 1.84. The lowest BCUT2D eigenvalue weighted by atomic mass is 10.2. The largest absolute Gasteiger partial charge is 0.420 e. The zero-order chi connectivity index (χ0) is 9.90. The van der Waals surface area contributed by atoms with Crippen molar-refractivity contribution in [3.63, 3.8) is 0 Å². The van der Waals surface area contributed by atoms with Crippen molar-refractivity contribution < 1.29 is 13.2 Å². The molecule has 0 atom stereocenters. The third kappa shape index (κ3) is 2.34. The Kier molecular flexibility index (Phi) is 2.75. The summed E-state index contributed by atoms with van der Waals surface area (Å²) < 4.78 is 36.6. The first-order chi connectivity index (χ1) is 6.05. The molecule has 0 aromatic carbocycles. The summed E-state index contributed by atoms with van der Waals surface area (Å²) in [5.41, 5.74) is -0.910. The van der Waals surface area contributed by atoms with E-state index in [1.165, 1.54) is 12.3 Å². The maximum Gasteiger partial charge on any atom is 0.420 e. The van der Waals surface area contributed by atoms with Crippen molar-refractivity contribution in [2.75, 3.05) is 0 Å². The second-order valence-electron chi connectivity index (χ2n) is 2.08. The van der Waals surface area contributed by atoms with Gasteiger partial charge in [-0.05, 0) is 24.4 Å². The van der Waals surface area contributed by atoms with Gasteiger partial charge in [-0.15, -0.1) is 0 Å². The summed E-state index contributed by atoms with van der Waals surface area (Å²) in [6.07, 6.45) is -3.25. The molecule has 0 spiro atoms. The summed E-state index contributed by atoms with van der Waals surface area (Å²) in [6, 6.07) is 2.07. The van der Waals surface area contributed by atoms with Gasteiger partial charge in [-0.3, -0.25) is 0 Å². The van der Waals surface area contributed by atoms with Gasteiger partial charge in [-0.1, -0.05) is 0 Å². The fourth-order valence-corrected chi connectivity index (χ4v) is 0.837. The Balaban J connectivity index is 3.27. The predicted molar refractivity (Wildman–Crippen MR) is 43.9 cm³/mol. The number of aliphatic imine (C=N–C) groups is 1. The van der Waals surface area contributed by atoms with Gasteiger partial charge in [0.2, 0.25) is 0 Å². The number of aromatic nitrogens is 1. The first-order valence-corrected chi connectivity index (χ1v) is 3.56. The van der Waals surface area contributed by atoms with Crippen LogP contribution in [0.25, 0.3) is 0 Å². The normalized spacial score (nSPS) is 10.7. The van der Waals surface area contributed by atoms with E-state index in [2.05, 4.69) is 22.2 Å². The van der Waals surface area contributed by atoms with Crippen molar-refractivity contribution in [1.82, 2.24) is 4.98 Å². The van der Waals surface area contributed by atoms with Crippen LogP contribution in [0.15, 0.2) is 23.3 Å². The number of isothiocyanates is 1. The van der Waals surface area contributed by atoms with Crippen LogP contribution in [0.4, 0.5) is 19.0 Å². The van der Waals surface area contributed by atoms with E-state index in [9.17, 15) is 13.2 Å². The molecule has 0 aliphatic heterocycles. The van der Waals surface area contributed by atoms with Crippen LogP contribution >= 0.6 is 12.2 Å². The average Bonchev–Trinajstić information content (AvgIpc) is 2.04. The summed E-state index contributed by atoms with van der Waals surface area (Å²) >= 11 is 4.19. The minimum atomic E-state index is -4.46. The maximum atomic E-state index is 12.2. The molecule has 13 heavy (non-hydrogen) atoms. The number of alkyl halides is 3. The molecule has 2 nitrogen and oxygen atoms in total. The zero-order valence-corrected chi connectivity index (χ0v) is 6.99. The minimum Gasteiger partial charge on any atom is -0.236 e. The molecule has 6 heteroatoms. The first kappa shape index (κ1) is 9.83. The Morgan fingerprint density at radius 3 is 2.69 bits per heavy atom. The molecule has 0 radical (unpaired) electrons. The van der Waals surface area contributed by atoms with Crippen molar-refractivity contribution in [1.29, 1.82) is 0 Å². The van der Waals surface area contributed by atoms with Crippen molar-refractivity contribution in [3.05, 3.63) is 23.9 Å². The highest BCUT2D eigenvalue weighted by Gasteiger charge is 2.33. The van der Waals surface area contributed by atoms with E-state index in [4.69, 9.17) is 0 Å². The molecule has 0 aliphatic carbocycles. The van der Waals surface area contributed by atoms with Crippen LogP contribution in [0.2, 0.25) is 0 Å². The fourth-order valence-electron chi connectivity index (χ4n) is 0.751. The Morgan fingerprint density at radius 2 is 2.15 bits per heavy atom. The number of hydrogen-bond acceptors (Lipinski definition) is 3. The highest BCUT2D eigenvalue weighted by Crippen LogP contribution is 2.34. The standard InChI is InChI=1S/C7H3F3N2S/c8-7(9,10)5-2-1-3-11-6(5)12-4-13/h1-3H. The molecule has 0 N–H and O–H groups in total. The van der Waals surface area contributed by atoms with Crippen LogP contribution in [0.3, 0.4) is 0 Å². The summed E-state index contributed by atoms with van der Waals surface area (Å²) in [5.74, 6) is -0.454. The highest BCUT2D eigenvalue weighted by molar-refractivity contribution is 7.78. The van der Waals surface area contributed by atoms with Gasteiger partial charge in [0.15, 0.2) is 5.82 Å². The van der Waals surface area contributed by atoms with Crippen molar-refractivity contribution in [2.24, 2.45) is 4.99 Å². The van der Waals surface area contributed by atoms with Crippen LogP contribution in [-0.4, -0.2) is 10.1 Å². The van der Waals surface area contributed by atoms with Gasteiger partial charge in [0.25, 0.3) is 0 Å². The molecule has 68 valence electrons. The van der Waals surface area contributed by atoms with Crippen LogP contribution in [0, 0.1) is 0 Å². The molecular weight excluding hydrogens is 201 g/mol. The molecule has 1 aromatic rings. The smallest absolute Gasteiger partial charge is 0.236 e. The van der Waals surface area contributed by atoms with Gasteiger partial charge < -0.3 is 0 Å². The lowest BCUT2D eigenvalue weighted by molar-refractivity contribution is -0.137. The van der Waals surface area contributed by atoms with E-state index >= 15 is 0 Å². The van der Waals surface area contributed by atoms with Crippen molar-refractivity contribution in [3.8, 4) is 0 Å². The molecule has 0 bridgehead atoms. The number of pyridine rings is 1. The first-order valence-electron chi connectivity index (χ1n) is 3.16. The Hall–Kier alpha value is -1.26. The van der Waals surface area contributed by atoms with E-state index in [-0.39, 0.29) is 0 Å². The molecular formula is C7H3F3N2S. The number of hydrogen-bond donors (Lipinski definition) is 0. The molecule has 1 rings (SSSR count). The molecule has 1 aromatic heterocycles. The lowest BCUT2D eigenvalue weighted by Gasteiger charge is -2.06. The lowest BCUT2D eigenvalue weighted by Crippen LogP contribution is -2.05. The second-order valence-corrected chi connectivity index (χ2v) is 2.26. The molecule has 0 saturated heterocycles. The maximum absolute atomic E-state index is 12.2. The quantitative estimate of drug-likeness (QED) is 0.519. The van der Waals surface area contributed by atoms with Crippen LogP contribution in [-0.2, 0) is 6.18 Å². The molecule has 0 aliphatic rings. The minimum absolute atomic E-state index is 0.454. The van der Waals surface area contributed by atoms with Crippen LogP contribution in [0.5, 0.6) is 0 Å². The molecule has 0 unspecified atom stereocenters. The zero-order valence-electron chi connectivity index (χ0n) is 6.17. The molecule has 0 saturated carbocycles. The number of rotatable bonds is 1. The van der Waals surface area contributed by atoms with E-state index in [0.717, 1.165) is 6.07 Å². The van der Waals surface area contributed by atoms with Gasteiger partial charge in [-0.2, -0.15) is 18.2 Å². The van der Waals surface area contributed by atoms with Gasteiger partial charge in [0, 0.05) is 6.20 Å².